The highest BCUT2D eigenvalue weighted by Crippen LogP contribution is 2.27. The van der Waals surface area contributed by atoms with Crippen LogP contribution in [0.25, 0.3) is 0 Å². The zero-order valence-electron chi connectivity index (χ0n) is 14.6. The highest BCUT2D eigenvalue weighted by atomic mass is 16.3. The van der Waals surface area contributed by atoms with Crippen molar-refractivity contribution in [3.8, 4) is 0 Å². The summed E-state index contributed by atoms with van der Waals surface area (Å²) in [4.78, 5) is 16.3. The number of nitrogens with zero attached hydrogens (tertiary/aromatic N) is 5. The van der Waals surface area contributed by atoms with E-state index in [1.807, 2.05) is 19.0 Å². The molecule has 2 aliphatic rings. The summed E-state index contributed by atoms with van der Waals surface area (Å²) in [5.41, 5.74) is 5.46. The molecule has 1 saturated carbocycles. The predicted molar refractivity (Wildman–Crippen MR) is 89.5 cm³/mol. The van der Waals surface area contributed by atoms with E-state index in [4.69, 9.17) is 5.73 Å². The molecule has 0 spiro atoms. The number of aliphatic hydroxyl groups is 1. The molecule has 8 heteroatoms. The summed E-state index contributed by atoms with van der Waals surface area (Å²) in [7, 11) is 3.84. The first-order valence-electron chi connectivity index (χ1n) is 8.70. The first kappa shape index (κ1) is 17.3. The number of β-amino-alcohol motifs (C(OH)–C–C–N with tert-alkyl or cyclic N) is 1. The molecule has 2 fully saturated rings. The number of aromatic nitrogens is 3. The summed E-state index contributed by atoms with van der Waals surface area (Å²) in [6.07, 6.45) is 6.25. The van der Waals surface area contributed by atoms with E-state index in [0.29, 0.717) is 31.7 Å². The molecule has 8 nitrogen and oxygen atoms in total. The first-order chi connectivity index (χ1) is 11.4. The lowest BCUT2D eigenvalue weighted by Crippen LogP contribution is -2.43. The van der Waals surface area contributed by atoms with E-state index in [9.17, 15) is 9.90 Å². The molecule has 0 radical (unpaired) electrons. The van der Waals surface area contributed by atoms with Crippen LogP contribution < -0.4 is 5.73 Å². The Balaban J connectivity index is 1.62. The van der Waals surface area contributed by atoms with E-state index in [2.05, 4.69) is 10.3 Å². The molecule has 1 aliphatic heterocycles. The van der Waals surface area contributed by atoms with Gasteiger partial charge in [-0.15, -0.1) is 5.10 Å². The number of amides is 1. The van der Waals surface area contributed by atoms with Gasteiger partial charge >= 0.3 is 0 Å². The van der Waals surface area contributed by atoms with Gasteiger partial charge in [0.1, 0.15) is 0 Å². The van der Waals surface area contributed by atoms with Crippen LogP contribution in [0, 0.1) is 0 Å². The lowest BCUT2D eigenvalue weighted by Gasteiger charge is -2.26. The summed E-state index contributed by atoms with van der Waals surface area (Å²) in [6.45, 7) is 1.44. The second kappa shape index (κ2) is 6.78. The Hall–Kier alpha value is -1.51. The number of likely N-dealkylation sites (tertiary alicyclic amines) is 1. The third kappa shape index (κ3) is 3.76. The molecular formula is C16H28N6O2. The smallest absolute Gasteiger partial charge is 0.276 e. The Bertz CT molecular complexity index is 581. The van der Waals surface area contributed by atoms with E-state index >= 15 is 0 Å². The summed E-state index contributed by atoms with van der Waals surface area (Å²) in [5.74, 6) is -0.150. The van der Waals surface area contributed by atoms with Gasteiger partial charge in [0.05, 0.1) is 24.4 Å². The van der Waals surface area contributed by atoms with Gasteiger partial charge < -0.3 is 20.6 Å². The van der Waals surface area contributed by atoms with E-state index in [-0.39, 0.29) is 18.0 Å². The third-order valence-corrected chi connectivity index (χ3v) is 5.07. The molecule has 24 heavy (non-hydrogen) atoms. The SMILES string of the molecule is CN(C)C[C@@]1(O)CCN(C(=O)c2cn(C3CCC(N)CC3)nn2)C1. The fourth-order valence-corrected chi connectivity index (χ4v) is 3.83. The molecule has 134 valence electrons. The van der Waals surface area contributed by atoms with Crippen molar-refractivity contribution in [3.05, 3.63) is 11.9 Å². The zero-order chi connectivity index (χ0) is 17.3. The van der Waals surface area contributed by atoms with Crippen molar-refractivity contribution >= 4 is 5.91 Å². The second-order valence-electron chi connectivity index (χ2n) is 7.59. The van der Waals surface area contributed by atoms with Gasteiger partial charge in [-0.05, 0) is 46.2 Å². The Labute approximate surface area is 142 Å². The highest BCUT2D eigenvalue weighted by Gasteiger charge is 2.39. The topological polar surface area (TPSA) is 101 Å². The average Bonchev–Trinajstić information content (AvgIpc) is 3.14. The number of rotatable bonds is 4. The molecule has 3 rings (SSSR count). The average molecular weight is 336 g/mol. The Morgan fingerprint density at radius 1 is 1.42 bits per heavy atom. The van der Waals surface area contributed by atoms with E-state index in [1.165, 1.54) is 0 Å². The molecule has 1 saturated heterocycles. The maximum Gasteiger partial charge on any atom is 0.276 e. The van der Waals surface area contributed by atoms with Crippen molar-refractivity contribution in [1.29, 1.82) is 0 Å². The fraction of sp³-hybridized carbons (Fsp3) is 0.812. The van der Waals surface area contributed by atoms with Crippen LogP contribution in [0.4, 0.5) is 0 Å². The first-order valence-corrected chi connectivity index (χ1v) is 8.70. The number of likely N-dealkylation sites (N-methyl/N-ethyl adjacent to an activating group) is 1. The highest BCUT2D eigenvalue weighted by molar-refractivity contribution is 5.92. The molecule has 1 amide bonds. The van der Waals surface area contributed by atoms with Crippen LogP contribution in [0.5, 0.6) is 0 Å². The second-order valence-corrected chi connectivity index (χ2v) is 7.59. The zero-order valence-corrected chi connectivity index (χ0v) is 14.6. The molecule has 1 aromatic heterocycles. The van der Waals surface area contributed by atoms with Crippen LogP contribution in [0.1, 0.15) is 48.6 Å². The molecule has 3 N–H and O–H groups in total. The summed E-state index contributed by atoms with van der Waals surface area (Å²) in [6, 6.07) is 0.563. The number of carbonyl (C=O) groups is 1. The quantitative estimate of drug-likeness (QED) is 0.794. The van der Waals surface area contributed by atoms with Crippen LogP contribution in [0.15, 0.2) is 6.20 Å². The maximum absolute atomic E-state index is 12.6. The van der Waals surface area contributed by atoms with Crippen LogP contribution >= 0.6 is 0 Å². The van der Waals surface area contributed by atoms with Crippen LogP contribution in [-0.4, -0.2) is 81.2 Å². The third-order valence-electron chi connectivity index (χ3n) is 5.07. The predicted octanol–water partition coefficient (Wildman–Crippen LogP) is -0.141. The summed E-state index contributed by atoms with van der Waals surface area (Å²) >= 11 is 0. The standard InChI is InChI=1S/C16H28N6O2/c1-20(2)10-16(24)7-8-21(11-16)15(23)14-9-22(19-18-14)13-5-3-12(17)4-6-13/h9,12-13,24H,3-8,10-11,17H2,1-2H3/t12?,13?,16-/m0/s1. The van der Waals surface area contributed by atoms with Gasteiger partial charge in [0, 0.05) is 19.1 Å². The van der Waals surface area contributed by atoms with Crippen LogP contribution in [-0.2, 0) is 0 Å². The number of nitrogens with two attached hydrogens (primary N) is 1. The van der Waals surface area contributed by atoms with E-state index in [0.717, 1.165) is 25.7 Å². The van der Waals surface area contributed by atoms with Crippen molar-refractivity contribution in [3.63, 3.8) is 0 Å². The fourth-order valence-electron chi connectivity index (χ4n) is 3.83. The number of carbonyl (C=O) groups excluding carboxylic acids is 1. The monoisotopic (exact) mass is 336 g/mol. The van der Waals surface area contributed by atoms with Crippen molar-refractivity contribution in [2.75, 3.05) is 33.7 Å². The number of hydrogen-bond donors (Lipinski definition) is 2. The Morgan fingerprint density at radius 2 is 2.12 bits per heavy atom. The Kier molecular flexibility index (Phi) is 4.89. The summed E-state index contributed by atoms with van der Waals surface area (Å²) in [5, 5.41) is 18.8. The van der Waals surface area contributed by atoms with Gasteiger partial charge in [-0.1, -0.05) is 5.21 Å². The van der Waals surface area contributed by atoms with Crippen molar-refractivity contribution < 1.29 is 9.90 Å². The van der Waals surface area contributed by atoms with E-state index < -0.39 is 5.60 Å². The van der Waals surface area contributed by atoms with Gasteiger partial charge in [-0.25, -0.2) is 4.68 Å². The minimum atomic E-state index is -0.839. The molecular weight excluding hydrogens is 308 g/mol. The van der Waals surface area contributed by atoms with Gasteiger partial charge in [0.15, 0.2) is 5.69 Å². The normalized spacial score (nSPS) is 31.0. The van der Waals surface area contributed by atoms with Gasteiger partial charge in [-0.3, -0.25) is 4.79 Å². The van der Waals surface area contributed by atoms with E-state index in [1.54, 1.807) is 15.8 Å². The lowest BCUT2D eigenvalue weighted by atomic mass is 9.92. The van der Waals surface area contributed by atoms with Crippen molar-refractivity contribution in [2.24, 2.45) is 5.73 Å². The molecule has 0 bridgehead atoms. The van der Waals surface area contributed by atoms with Crippen molar-refractivity contribution in [2.45, 2.75) is 49.8 Å². The minimum absolute atomic E-state index is 0.150. The van der Waals surface area contributed by atoms with Gasteiger partial charge in [-0.2, -0.15) is 0 Å². The molecule has 1 aliphatic carbocycles. The molecule has 2 heterocycles. The van der Waals surface area contributed by atoms with Crippen LogP contribution in [0.2, 0.25) is 0 Å². The number of hydrogen-bond acceptors (Lipinski definition) is 6. The van der Waals surface area contributed by atoms with Gasteiger partial charge in [0.2, 0.25) is 0 Å². The largest absolute Gasteiger partial charge is 0.387 e. The maximum atomic E-state index is 12.6. The van der Waals surface area contributed by atoms with Gasteiger partial charge in [0.25, 0.3) is 5.91 Å². The molecule has 1 aromatic rings. The molecule has 1 atom stereocenters. The van der Waals surface area contributed by atoms with Crippen LogP contribution in [0.3, 0.4) is 0 Å². The molecule has 0 aromatic carbocycles. The lowest BCUT2D eigenvalue weighted by molar-refractivity contribution is 0.0235. The summed E-state index contributed by atoms with van der Waals surface area (Å²) < 4.78 is 1.81. The van der Waals surface area contributed by atoms with Crippen molar-refractivity contribution in [1.82, 2.24) is 24.8 Å². The minimum Gasteiger partial charge on any atom is -0.387 e. The Morgan fingerprint density at radius 3 is 2.79 bits per heavy atom. The molecule has 0 unspecified atom stereocenters.